The number of ether oxygens (including phenoxy) is 3. The molecule has 2 aromatic carbocycles. The largest absolute Gasteiger partial charge is 0.493 e. The zero-order valence-electron chi connectivity index (χ0n) is 17.1. The van der Waals surface area contributed by atoms with Crippen molar-refractivity contribution in [3.8, 4) is 17.2 Å². The van der Waals surface area contributed by atoms with Crippen LogP contribution in [0.2, 0.25) is 0 Å². The predicted molar refractivity (Wildman–Crippen MR) is 112 cm³/mol. The van der Waals surface area contributed by atoms with E-state index in [1.807, 2.05) is 32.0 Å². The zero-order chi connectivity index (χ0) is 21.8. The van der Waals surface area contributed by atoms with Crippen molar-refractivity contribution < 1.29 is 28.9 Å². The van der Waals surface area contributed by atoms with Crippen molar-refractivity contribution in [2.75, 3.05) is 26.1 Å². The number of anilines is 1. The number of amides is 1. The Morgan fingerprint density at radius 1 is 0.967 bits per heavy atom. The topological polar surface area (TPSA) is 107 Å². The first kappa shape index (κ1) is 20.9. The number of rotatable bonds is 7. The number of nitrogens with one attached hydrogen (secondary N) is 1. The van der Waals surface area contributed by atoms with Crippen LogP contribution in [0.5, 0.6) is 17.2 Å². The monoisotopic (exact) mass is 410 g/mol. The molecule has 3 aromatic rings. The molecule has 156 valence electrons. The molecule has 0 aliphatic carbocycles. The quantitative estimate of drug-likeness (QED) is 0.613. The molecule has 0 saturated heterocycles. The maximum Gasteiger partial charge on any atom is 0.354 e. The number of aromatic carboxylic acids is 1. The lowest BCUT2D eigenvalue weighted by molar-refractivity contribution is -0.118. The lowest BCUT2D eigenvalue weighted by atomic mass is 10.1. The number of carboxylic acids is 1. The van der Waals surface area contributed by atoms with E-state index in [0.29, 0.717) is 28.1 Å². The third-order valence-corrected chi connectivity index (χ3v) is 4.64. The highest BCUT2D eigenvalue weighted by Gasteiger charge is 2.16. The lowest BCUT2D eigenvalue weighted by Gasteiger charge is -2.14. The van der Waals surface area contributed by atoms with Gasteiger partial charge in [-0.1, -0.05) is 6.07 Å². The van der Waals surface area contributed by atoms with Crippen LogP contribution >= 0.6 is 0 Å². The van der Waals surface area contributed by atoms with Crippen molar-refractivity contribution >= 4 is 28.5 Å². The highest BCUT2D eigenvalue weighted by molar-refractivity contribution is 5.95. The van der Waals surface area contributed by atoms with Gasteiger partial charge in [-0.3, -0.25) is 4.79 Å². The van der Waals surface area contributed by atoms with Gasteiger partial charge in [0, 0.05) is 23.2 Å². The first-order valence-corrected chi connectivity index (χ1v) is 9.12. The van der Waals surface area contributed by atoms with Crippen LogP contribution in [0.25, 0.3) is 10.9 Å². The van der Waals surface area contributed by atoms with Crippen LogP contribution in [0.3, 0.4) is 0 Å². The molecule has 0 bridgehead atoms. The molecule has 1 aromatic heterocycles. The highest BCUT2D eigenvalue weighted by atomic mass is 16.5. The molecule has 1 amide bonds. The fraction of sp³-hybridized carbons (Fsp3) is 0.227. The highest BCUT2D eigenvalue weighted by Crippen LogP contribution is 2.36. The number of aryl methyl sites for hydroxylation is 2. The van der Waals surface area contributed by atoms with Gasteiger partial charge in [0.15, 0.2) is 23.8 Å². The standard InChI is InChI=1S/C22H22N2O6/c1-12-5-6-14(7-13(12)2)23-21(25)11-30-18-10-17(22(26)27)24-16-9-20(29-4)19(28-3)8-15(16)18/h5-10H,11H2,1-4H3,(H,23,25)(H,26,27). The molecule has 0 atom stereocenters. The molecule has 0 spiro atoms. The van der Waals surface area contributed by atoms with E-state index >= 15 is 0 Å². The first-order chi connectivity index (χ1) is 14.3. The number of pyridine rings is 1. The van der Waals surface area contributed by atoms with Crippen LogP contribution in [0.15, 0.2) is 36.4 Å². The van der Waals surface area contributed by atoms with Gasteiger partial charge in [0.25, 0.3) is 5.91 Å². The Kier molecular flexibility index (Phi) is 6.06. The third-order valence-electron chi connectivity index (χ3n) is 4.64. The Hall–Kier alpha value is -3.81. The van der Waals surface area contributed by atoms with Gasteiger partial charge in [-0.15, -0.1) is 0 Å². The smallest absolute Gasteiger partial charge is 0.354 e. The molecular formula is C22H22N2O6. The van der Waals surface area contributed by atoms with Crippen LogP contribution in [0.4, 0.5) is 5.69 Å². The summed E-state index contributed by atoms with van der Waals surface area (Å²) in [4.78, 5) is 27.9. The number of hydrogen-bond acceptors (Lipinski definition) is 6. The second-order valence-electron chi connectivity index (χ2n) is 6.67. The number of carbonyl (C=O) groups excluding carboxylic acids is 1. The van der Waals surface area contributed by atoms with Crippen molar-refractivity contribution in [2.24, 2.45) is 0 Å². The average Bonchev–Trinajstić information content (AvgIpc) is 2.73. The van der Waals surface area contributed by atoms with E-state index in [-0.39, 0.29) is 24.0 Å². The number of methoxy groups -OCH3 is 2. The molecule has 30 heavy (non-hydrogen) atoms. The number of fused-ring (bicyclic) bond motifs is 1. The summed E-state index contributed by atoms with van der Waals surface area (Å²) >= 11 is 0. The molecule has 0 radical (unpaired) electrons. The van der Waals surface area contributed by atoms with Crippen molar-refractivity contribution in [1.82, 2.24) is 4.98 Å². The summed E-state index contributed by atoms with van der Waals surface area (Å²) < 4.78 is 16.2. The lowest BCUT2D eigenvalue weighted by Crippen LogP contribution is -2.20. The Bertz CT molecular complexity index is 1130. The summed E-state index contributed by atoms with van der Waals surface area (Å²) in [6.45, 7) is 3.64. The predicted octanol–water partition coefficient (Wildman–Crippen LogP) is 3.58. The zero-order valence-corrected chi connectivity index (χ0v) is 17.1. The molecule has 0 fully saturated rings. The Morgan fingerprint density at radius 3 is 2.30 bits per heavy atom. The van der Waals surface area contributed by atoms with Crippen LogP contribution < -0.4 is 19.5 Å². The van der Waals surface area contributed by atoms with Crippen LogP contribution in [0, 0.1) is 13.8 Å². The fourth-order valence-corrected chi connectivity index (χ4v) is 2.91. The van der Waals surface area contributed by atoms with Gasteiger partial charge in [0.1, 0.15) is 5.75 Å². The molecule has 8 heteroatoms. The molecule has 1 heterocycles. The van der Waals surface area contributed by atoms with Gasteiger partial charge < -0.3 is 24.6 Å². The van der Waals surface area contributed by atoms with E-state index in [2.05, 4.69) is 10.3 Å². The Labute approximate surface area is 173 Å². The molecule has 0 unspecified atom stereocenters. The van der Waals surface area contributed by atoms with E-state index in [1.165, 1.54) is 20.3 Å². The molecule has 0 saturated carbocycles. The minimum atomic E-state index is -1.21. The number of carboxylic acid groups (broad SMARTS) is 1. The molecule has 0 aliphatic rings. The van der Waals surface area contributed by atoms with Crippen LogP contribution in [-0.2, 0) is 4.79 Å². The normalized spacial score (nSPS) is 10.5. The molecule has 2 N–H and O–H groups in total. The van der Waals surface area contributed by atoms with E-state index < -0.39 is 5.97 Å². The molecule has 0 aliphatic heterocycles. The van der Waals surface area contributed by atoms with Gasteiger partial charge in [0.2, 0.25) is 0 Å². The number of benzene rings is 2. The van der Waals surface area contributed by atoms with Crippen molar-refractivity contribution in [1.29, 1.82) is 0 Å². The summed E-state index contributed by atoms with van der Waals surface area (Å²) in [6.07, 6.45) is 0. The van der Waals surface area contributed by atoms with E-state index in [4.69, 9.17) is 14.2 Å². The van der Waals surface area contributed by atoms with Gasteiger partial charge in [-0.25, -0.2) is 9.78 Å². The average molecular weight is 410 g/mol. The summed E-state index contributed by atoms with van der Waals surface area (Å²) in [7, 11) is 2.96. The number of hydrogen-bond donors (Lipinski definition) is 2. The van der Waals surface area contributed by atoms with Gasteiger partial charge >= 0.3 is 5.97 Å². The Morgan fingerprint density at radius 2 is 1.67 bits per heavy atom. The van der Waals surface area contributed by atoms with E-state index in [0.717, 1.165) is 11.1 Å². The molecule has 8 nitrogen and oxygen atoms in total. The maximum atomic E-state index is 12.3. The number of aromatic nitrogens is 1. The molecule has 3 rings (SSSR count). The molecular weight excluding hydrogens is 388 g/mol. The third kappa shape index (κ3) is 4.43. The van der Waals surface area contributed by atoms with Crippen molar-refractivity contribution in [2.45, 2.75) is 13.8 Å². The minimum Gasteiger partial charge on any atom is -0.493 e. The second-order valence-corrected chi connectivity index (χ2v) is 6.67. The number of carbonyl (C=O) groups is 2. The Balaban J connectivity index is 1.88. The SMILES string of the molecule is COc1cc2nc(C(=O)O)cc(OCC(=O)Nc3ccc(C)c(C)c3)c2cc1OC. The number of nitrogens with zero attached hydrogens (tertiary/aromatic N) is 1. The summed E-state index contributed by atoms with van der Waals surface area (Å²) in [6, 6.07) is 10.1. The van der Waals surface area contributed by atoms with E-state index in [9.17, 15) is 14.7 Å². The van der Waals surface area contributed by atoms with Gasteiger partial charge in [-0.2, -0.15) is 0 Å². The van der Waals surface area contributed by atoms with Crippen LogP contribution in [0.1, 0.15) is 21.6 Å². The fourth-order valence-electron chi connectivity index (χ4n) is 2.91. The summed E-state index contributed by atoms with van der Waals surface area (Å²) in [5, 5.41) is 12.6. The minimum absolute atomic E-state index is 0.202. The van der Waals surface area contributed by atoms with Crippen LogP contribution in [-0.4, -0.2) is 42.8 Å². The second kappa shape index (κ2) is 8.69. The van der Waals surface area contributed by atoms with Gasteiger partial charge in [-0.05, 0) is 43.2 Å². The van der Waals surface area contributed by atoms with Crippen molar-refractivity contribution in [3.63, 3.8) is 0 Å². The summed E-state index contributed by atoms with van der Waals surface area (Å²) in [5.74, 6) is -0.553. The van der Waals surface area contributed by atoms with E-state index in [1.54, 1.807) is 12.1 Å². The maximum absolute atomic E-state index is 12.3. The summed E-state index contributed by atoms with van der Waals surface area (Å²) in [5.41, 5.74) is 2.97. The first-order valence-electron chi connectivity index (χ1n) is 9.12. The van der Waals surface area contributed by atoms with Gasteiger partial charge in [0.05, 0.1) is 19.7 Å². The van der Waals surface area contributed by atoms with Crippen molar-refractivity contribution in [3.05, 3.63) is 53.2 Å².